The Kier molecular flexibility index (Phi) is 2.71. The number of nitrogens with one attached hydrogen (secondary N) is 2. The summed E-state index contributed by atoms with van der Waals surface area (Å²) in [4.78, 5) is 0. The molecule has 94 valence electrons. The van der Waals surface area contributed by atoms with Crippen LogP contribution in [-0.2, 0) is 6.54 Å². The minimum Gasteiger partial charge on any atom is -0.309 e. The van der Waals surface area contributed by atoms with Gasteiger partial charge in [-0.1, -0.05) is 44.2 Å². The van der Waals surface area contributed by atoms with E-state index in [0.717, 1.165) is 12.2 Å². The molecular formula is C15H19N3. The Balaban J connectivity index is 1.72. The molecule has 1 aromatic carbocycles. The molecule has 1 heterocycles. The second kappa shape index (κ2) is 4.25. The fourth-order valence-electron chi connectivity index (χ4n) is 2.35. The van der Waals surface area contributed by atoms with Crippen LogP contribution < -0.4 is 5.32 Å². The number of H-pyrrole nitrogens is 1. The first-order chi connectivity index (χ1) is 8.67. The van der Waals surface area contributed by atoms with Crippen molar-refractivity contribution in [3.05, 3.63) is 42.1 Å². The van der Waals surface area contributed by atoms with Crippen molar-refractivity contribution in [3.63, 3.8) is 0 Å². The third-order valence-electron chi connectivity index (χ3n) is 3.83. The minimum absolute atomic E-state index is 0.469. The molecule has 1 aromatic heterocycles. The second-order valence-corrected chi connectivity index (χ2v) is 5.76. The molecule has 0 aliphatic heterocycles. The van der Waals surface area contributed by atoms with Gasteiger partial charge in [0.15, 0.2) is 0 Å². The fourth-order valence-corrected chi connectivity index (χ4v) is 2.35. The van der Waals surface area contributed by atoms with Gasteiger partial charge in [-0.05, 0) is 17.4 Å². The number of rotatable bonds is 4. The highest BCUT2D eigenvalue weighted by molar-refractivity contribution is 5.62. The van der Waals surface area contributed by atoms with Crippen LogP contribution in [0.15, 0.2) is 36.5 Å². The highest BCUT2D eigenvalue weighted by Crippen LogP contribution is 2.44. The molecule has 0 amide bonds. The summed E-state index contributed by atoms with van der Waals surface area (Å²) in [6, 6.07) is 11.0. The highest BCUT2D eigenvalue weighted by atomic mass is 15.1. The Morgan fingerprint density at radius 1 is 1.33 bits per heavy atom. The van der Waals surface area contributed by atoms with Gasteiger partial charge in [0.05, 0.1) is 11.9 Å². The van der Waals surface area contributed by atoms with E-state index < -0.39 is 0 Å². The lowest BCUT2D eigenvalue weighted by Gasteiger charge is -2.07. The van der Waals surface area contributed by atoms with Gasteiger partial charge in [0.1, 0.15) is 0 Å². The number of aromatic nitrogens is 2. The summed E-state index contributed by atoms with van der Waals surface area (Å²) in [5, 5.41) is 10.9. The van der Waals surface area contributed by atoms with Crippen LogP contribution in [0.25, 0.3) is 11.3 Å². The lowest BCUT2D eigenvalue weighted by molar-refractivity contribution is 0.542. The maximum atomic E-state index is 4.17. The summed E-state index contributed by atoms with van der Waals surface area (Å²) >= 11 is 0. The first-order valence-electron chi connectivity index (χ1n) is 6.48. The molecule has 0 spiro atoms. The molecule has 1 aliphatic carbocycles. The van der Waals surface area contributed by atoms with Crippen LogP contribution in [0.1, 0.15) is 25.8 Å². The van der Waals surface area contributed by atoms with Gasteiger partial charge < -0.3 is 5.32 Å². The maximum absolute atomic E-state index is 4.17. The standard InChI is InChI=1S/C15H19N3/c1-15(2)8-13(15)16-9-12-10-17-18-14(12)11-6-4-3-5-7-11/h3-7,10,13,16H,8-9H2,1-2H3,(H,17,18). The predicted molar refractivity (Wildman–Crippen MR) is 73.0 cm³/mol. The lowest BCUT2D eigenvalue weighted by Crippen LogP contribution is -2.20. The smallest absolute Gasteiger partial charge is 0.0695 e. The van der Waals surface area contributed by atoms with Crippen molar-refractivity contribution in [1.29, 1.82) is 0 Å². The maximum Gasteiger partial charge on any atom is 0.0695 e. The zero-order valence-electron chi connectivity index (χ0n) is 10.9. The molecule has 2 N–H and O–H groups in total. The summed E-state index contributed by atoms with van der Waals surface area (Å²) in [5.41, 5.74) is 4.03. The normalized spacial score (nSPS) is 20.9. The van der Waals surface area contributed by atoms with Crippen molar-refractivity contribution in [2.75, 3.05) is 0 Å². The van der Waals surface area contributed by atoms with E-state index in [0.29, 0.717) is 11.5 Å². The van der Waals surface area contributed by atoms with Crippen LogP contribution in [0.5, 0.6) is 0 Å². The van der Waals surface area contributed by atoms with Crippen LogP contribution >= 0.6 is 0 Å². The molecule has 1 fully saturated rings. The Hall–Kier alpha value is -1.61. The average molecular weight is 241 g/mol. The van der Waals surface area contributed by atoms with Gasteiger partial charge in [-0.3, -0.25) is 5.10 Å². The number of hydrogen-bond donors (Lipinski definition) is 2. The van der Waals surface area contributed by atoms with E-state index in [9.17, 15) is 0 Å². The predicted octanol–water partition coefficient (Wildman–Crippen LogP) is 2.96. The van der Waals surface area contributed by atoms with Gasteiger partial charge in [0, 0.05) is 18.2 Å². The Morgan fingerprint density at radius 3 is 2.72 bits per heavy atom. The van der Waals surface area contributed by atoms with Crippen molar-refractivity contribution in [2.24, 2.45) is 5.41 Å². The zero-order valence-corrected chi connectivity index (χ0v) is 10.9. The Morgan fingerprint density at radius 2 is 2.06 bits per heavy atom. The molecule has 1 saturated carbocycles. The molecule has 2 aromatic rings. The summed E-state index contributed by atoms with van der Waals surface area (Å²) in [5.74, 6) is 0. The van der Waals surface area contributed by atoms with E-state index in [1.54, 1.807) is 0 Å². The molecule has 3 rings (SSSR count). The summed E-state index contributed by atoms with van der Waals surface area (Å²) in [6.07, 6.45) is 3.19. The van der Waals surface area contributed by atoms with Crippen LogP contribution in [0.4, 0.5) is 0 Å². The quantitative estimate of drug-likeness (QED) is 0.864. The van der Waals surface area contributed by atoms with Gasteiger partial charge in [-0.25, -0.2) is 0 Å². The van der Waals surface area contributed by atoms with E-state index in [2.05, 4.69) is 53.6 Å². The highest BCUT2D eigenvalue weighted by Gasteiger charge is 2.45. The molecule has 3 heteroatoms. The lowest BCUT2D eigenvalue weighted by atomic mass is 10.1. The van der Waals surface area contributed by atoms with Gasteiger partial charge in [-0.15, -0.1) is 0 Å². The second-order valence-electron chi connectivity index (χ2n) is 5.76. The van der Waals surface area contributed by atoms with E-state index in [1.807, 2.05) is 12.3 Å². The molecule has 1 unspecified atom stereocenters. The van der Waals surface area contributed by atoms with Crippen LogP contribution in [-0.4, -0.2) is 16.2 Å². The largest absolute Gasteiger partial charge is 0.309 e. The van der Waals surface area contributed by atoms with Crippen molar-refractivity contribution in [1.82, 2.24) is 15.5 Å². The molecule has 1 aliphatic rings. The molecular weight excluding hydrogens is 222 g/mol. The average Bonchev–Trinajstić information content (AvgIpc) is 2.78. The van der Waals surface area contributed by atoms with Crippen LogP contribution in [0.2, 0.25) is 0 Å². The Labute approximate surface area is 108 Å². The third-order valence-corrected chi connectivity index (χ3v) is 3.83. The molecule has 3 nitrogen and oxygen atoms in total. The SMILES string of the molecule is CC1(C)CC1NCc1cn[nH]c1-c1ccccc1. The third kappa shape index (κ3) is 2.18. The van der Waals surface area contributed by atoms with Crippen LogP contribution in [0.3, 0.4) is 0 Å². The summed E-state index contributed by atoms with van der Waals surface area (Å²) in [7, 11) is 0. The van der Waals surface area contributed by atoms with E-state index in [4.69, 9.17) is 0 Å². The van der Waals surface area contributed by atoms with Crippen LogP contribution in [0, 0.1) is 5.41 Å². The van der Waals surface area contributed by atoms with Gasteiger partial charge in [-0.2, -0.15) is 5.10 Å². The van der Waals surface area contributed by atoms with Gasteiger partial charge >= 0.3 is 0 Å². The number of hydrogen-bond acceptors (Lipinski definition) is 2. The zero-order chi connectivity index (χ0) is 12.6. The first-order valence-corrected chi connectivity index (χ1v) is 6.48. The van der Waals surface area contributed by atoms with Crippen molar-refractivity contribution in [2.45, 2.75) is 32.9 Å². The van der Waals surface area contributed by atoms with Gasteiger partial charge in [0.25, 0.3) is 0 Å². The van der Waals surface area contributed by atoms with Gasteiger partial charge in [0.2, 0.25) is 0 Å². The number of nitrogens with zero attached hydrogens (tertiary/aromatic N) is 1. The monoisotopic (exact) mass is 241 g/mol. The molecule has 18 heavy (non-hydrogen) atoms. The summed E-state index contributed by atoms with van der Waals surface area (Å²) < 4.78 is 0. The number of aromatic amines is 1. The number of benzene rings is 1. The summed E-state index contributed by atoms with van der Waals surface area (Å²) in [6.45, 7) is 5.49. The van der Waals surface area contributed by atoms with E-state index in [-0.39, 0.29) is 0 Å². The van der Waals surface area contributed by atoms with Crippen molar-refractivity contribution in [3.8, 4) is 11.3 Å². The fraction of sp³-hybridized carbons (Fsp3) is 0.400. The minimum atomic E-state index is 0.469. The Bertz CT molecular complexity index is 528. The van der Waals surface area contributed by atoms with Crippen molar-refractivity contribution >= 4 is 0 Å². The molecule has 0 bridgehead atoms. The topological polar surface area (TPSA) is 40.7 Å². The van der Waals surface area contributed by atoms with E-state index >= 15 is 0 Å². The van der Waals surface area contributed by atoms with E-state index in [1.165, 1.54) is 17.5 Å². The first kappa shape index (κ1) is 11.5. The molecule has 1 atom stereocenters. The molecule has 0 radical (unpaired) electrons. The molecule has 0 saturated heterocycles. The van der Waals surface area contributed by atoms with Crippen molar-refractivity contribution < 1.29 is 0 Å².